The van der Waals surface area contributed by atoms with Crippen molar-refractivity contribution in [3.8, 4) is 0 Å². The van der Waals surface area contributed by atoms with E-state index in [1.807, 2.05) is 0 Å². The van der Waals surface area contributed by atoms with E-state index in [1.165, 1.54) is 22.8 Å². The van der Waals surface area contributed by atoms with Crippen LogP contribution in [0.2, 0.25) is 0 Å². The van der Waals surface area contributed by atoms with Gasteiger partial charge in [0.25, 0.3) is 11.5 Å². The second kappa shape index (κ2) is 7.79. The van der Waals surface area contributed by atoms with Gasteiger partial charge in [-0.3, -0.25) is 9.59 Å². The number of nitrogens with one attached hydrogen (secondary N) is 1. The van der Waals surface area contributed by atoms with Gasteiger partial charge in [0, 0.05) is 36.3 Å². The summed E-state index contributed by atoms with van der Waals surface area (Å²) in [5.74, 6) is 0.331. The van der Waals surface area contributed by atoms with Gasteiger partial charge >= 0.3 is 0 Å². The molecule has 0 saturated heterocycles. The van der Waals surface area contributed by atoms with Crippen molar-refractivity contribution in [2.45, 2.75) is 11.3 Å². The van der Waals surface area contributed by atoms with E-state index in [-0.39, 0.29) is 17.3 Å². The van der Waals surface area contributed by atoms with Crippen LogP contribution in [0.15, 0.2) is 52.3 Å². The first-order chi connectivity index (χ1) is 10.6. The number of halogens is 1. The summed E-state index contributed by atoms with van der Waals surface area (Å²) in [6.07, 6.45) is 2.36. The fourth-order valence-corrected chi connectivity index (χ4v) is 2.64. The van der Waals surface area contributed by atoms with Gasteiger partial charge in [-0.25, -0.2) is 4.39 Å². The molecule has 1 N–H and O–H groups in total. The van der Waals surface area contributed by atoms with Gasteiger partial charge in [-0.1, -0.05) is 0 Å². The zero-order valence-corrected chi connectivity index (χ0v) is 13.0. The second-order valence-corrected chi connectivity index (χ2v) is 5.94. The summed E-state index contributed by atoms with van der Waals surface area (Å²) in [7, 11) is 1.64. The Labute approximate surface area is 132 Å². The van der Waals surface area contributed by atoms with E-state index in [9.17, 15) is 14.0 Å². The van der Waals surface area contributed by atoms with Gasteiger partial charge in [-0.2, -0.15) is 0 Å². The van der Waals surface area contributed by atoms with Crippen LogP contribution in [0.4, 0.5) is 4.39 Å². The van der Waals surface area contributed by atoms with E-state index in [2.05, 4.69) is 5.32 Å². The van der Waals surface area contributed by atoms with Gasteiger partial charge in [0.2, 0.25) is 0 Å². The average Bonchev–Trinajstić information content (AvgIpc) is 2.51. The van der Waals surface area contributed by atoms with Crippen LogP contribution in [0.25, 0.3) is 0 Å². The van der Waals surface area contributed by atoms with Gasteiger partial charge in [0.15, 0.2) is 0 Å². The van der Waals surface area contributed by atoms with Gasteiger partial charge in [0.1, 0.15) is 5.82 Å². The molecule has 0 bridgehead atoms. The Bertz CT molecular complexity index is 698. The van der Waals surface area contributed by atoms with Gasteiger partial charge in [-0.05, 0) is 42.5 Å². The monoisotopic (exact) mass is 320 g/mol. The van der Waals surface area contributed by atoms with Gasteiger partial charge in [-0.15, -0.1) is 11.8 Å². The minimum absolute atomic E-state index is 0.209. The Balaban J connectivity index is 1.72. The van der Waals surface area contributed by atoms with Crippen LogP contribution in [0.1, 0.15) is 16.8 Å². The predicted molar refractivity (Wildman–Crippen MR) is 85.8 cm³/mol. The lowest BCUT2D eigenvalue weighted by Crippen LogP contribution is -2.27. The van der Waals surface area contributed by atoms with E-state index in [0.717, 1.165) is 17.1 Å². The van der Waals surface area contributed by atoms with Crippen molar-refractivity contribution < 1.29 is 9.18 Å². The molecule has 1 aromatic heterocycles. The molecule has 0 aliphatic heterocycles. The molecule has 1 amide bonds. The molecular formula is C16H17FN2O2S. The third kappa shape index (κ3) is 4.73. The van der Waals surface area contributed by atoms with Gasteiger partial charge in [0.05, 0.1) is 0 Å². The number of nitrogens with zero attached hydrogens (tertiary/aromatic N) is 1. The lowest BCUT2D eigenvalue weighted by Gasteiger charge is -2.06. The Morgan fingerprint density at radius 3 is 2.68 bits per heavy atom. The summed E-state index contributed by atoms with van der Waals surface area (Å²) in [5.41, 5.74) is 0.161. The number of thioether (sulfide) groups is 1. The number of hydrogen-bond donors (Lipinski definition) is 1. The molecule has 0 spiro atoms. The Kier molecular flexibility index (Phi) is 5.77. The number of rotatable bonds is 6. The normalized spacial score (nSPS) is 10.5. The molecule has 0 atom stereocenters. The molecule has 1 aromatic carbocycles. The molecular weight excluding hydrogens is 303 g/mol. The molecule has 4 nitrogen and oxygen atoms in total. The zero-order chi connectivity index (χ0) is 15.9. The fourth-order valence-electron chi connectivity index (χ4n) is 1.79. The van der Waals surface area contributed by atoms with Crippen LogP contribution in [-0.4, -0.2) is 22.8 Å². The maximum Gasteiger partial charge on any atom is 0.251 e. The Morgan fingerprint density at radius 1 is 1.27 bits per heavy atom. The summed E-state index contributed by atoms with van der Waals surface area (Å²) in [6, 6.07) is 9.27. The number of amides is 1. The topological polar surface area (TPSA) is 51.1 Å². The van der Waals surface area contributed by atoms with Gasteiger partial charge < -0.3 is 9.88 Å². The predicted octanol–water partition coefficient (Wildman–Crippen LogP) is 2.44. The highest BCUT2D eigenvalue weighted by Crippen LogP contribution is 2.18. The molecule has 0 unspecified atom stereocenters. The first kappa shape index (κ1) is 16.3. The molecule has 0 saturated carbocycles. The van der Waals surface area contributed by atoms with Crippen LogP contribution in [0.3, 0.4) is 0 Å². The SMILES string of the molecule is Cn1ccc(C(=O)NCCCSc2ccc(F)cc2)cc1=O. The van der Waals surface area contributed by atoms with E-state index in [0.29, 0.717) is 12.1 Å². The number of aryl methyl sites for hydroxylation is 1. The molecule has 0 fully saturated rings. The van der Waals surface area contributed by atoms with Crippen molar-refractivity contribution in [3.05, 3.63) is 64.3 Å². The summed E-state index contributed by atoms with van der Waals surface area (Å²) in [4.78, 5) is 24.3. The number of carbonyl (C=O) groups is 1. The Hall–Kier alpha value is -2.08. The lowest BCUT2D eigenvalue weighted by molar-refractivity contribution is 0.0953. The van der Waals surface area contributed by atoms with E-state index in [4.69, 9.17) is 0 Å². The zero-order valence-electron chi connectivity index (χ0n) is 12.2. The van der Waals surface area contributed by atoms with Crippen molar-refractivity contribution >= 4 is 17.7 Å². The van der Waals surface area contributed by atoms with Crippen molar-refractivity contribution in [3.63, 3.8) is 0 Å². The summed E-state index contributed by atoms with van der Waals surface area (Å²) >= 11 is 1.61. The van der Waals surface area contributed by atoms with Crippen LogP contribution in [-0.2, 0) is 7.05 Å². The first-order valence-electron chi connectivity index (χ1n) is 6.89. The summed E-state index contributed by atoms with van der Waals surface area (Å²) < 4.78 is 14.2. The number of aromatic nitrogens is 1. The highest BCUT2D eigenvalue weighted by Gasteiger charge is 2.05. The highest BCUT2D eigenvalue weighted by atomic mass is 32.2. The number of benzene rings is 1. The second-order valence-electron chi connectivity index (χ2n) is 4.78. The average molecular weight is 320 g/mol. The minimum atomic E-state index is -0.246. The smallest absolute Gasteiger partial charge is 0.251 e. The van der Waals surface area contributed by atoms with Crippen LogP contribution in [0, 0.1) is 5.82 Å². The van der Waals surface area contributed by atoms with Crippen molar-refractivity contribution in [2.75, 3.05) is 12.3 Å². The number of carbonyl (C=O) groups excluding carboxylic acids is 1. The number of hydrogen-bond acceptors (Lipinski definition) is 3. The molecule has 6 heteroatoms. The minimum Gasteiger partial charge on any atom is -0.352 e. The third-order valence-electron chi connectivity index (χ3n) is 3.06. The van der Waals surface area contributed by atoms with Crippen molar-refractivity contribution in [2.24, 2.45) is 7.05 Å². The molecule has 116 valence electrons. The summed E-state index contributed by atoms with van der Waals surface area (Å²) in [6.45, 7) is 0.530. The third-order valence-corrected chi connectivity index (χ3v) is 4.15. The standard InChI is InChI=1S/C16H17FN2O2S/c1-19-9-7-12(11-15(19)20)16(21)18-8-2-10-22-14-5-3-13(17)4-6-14/h3-7,9,11H,2,8,10H2,1H3,(H,18,21). The molecule has 1 heterocycles. The fraction of sp³-hybridized carbons (Fsp3) is 0.250. The van der Waals surface area contributed by atoms with Crippen molar-refractivity contribution in [1.29, 1.82) is 0 Å². The quantitative estimate of drug-likeness (QED) is 0.657. The largest absolute Gasteiger partial charge is 0.352 e. The molecule has 0 aliphatic carbocycles. The van der Waals surface area contributed by atoms with Crippen LogP contribution in [0.5, 0.6) is 0 Å². The van der Waals surface area contributed by atoms with Crippen LogP contribution >= 0.6 is 11.8 Å². The maximum atomic E-state index is 12.8. The van der Waals surface area contributed by atoms with Crippen molar-refractivity contribution in [1.82, 2.24) is 9.88 Å². The molecule has 0 aliphatic rings. The van der Waals surface area contributed by atoms with E-state index in [1.54, 1.807) is 43.2 Å². The molecule has 22 heavy (non-hydrogen) atoms. The van der Waals surface area contributed by atoms with Crippen LogP contribution < -0.4 is 10.9 Å². The maximum absolute atomic E-state index is 12.8. The molecule has 2 aromatic rings. The molecule has 0 radical (unpaired) electrons. The van der Waals surface area contributed by atoms with E-state index < -0.39 is 0 Å². The molecule has 2 rings (SSSR count). The lowest BCUT2D eigenvalue weighted by atomic mass is 10.2. The summed E-state index contributed by atoms with van der Waals surface area (Å²) in [5, 5.41) is 2.78. The number of pyridine rings is 1. The Morgan fingerprint density at radius 2 is 2.00 bits per heavy atom. The van der Waals surface area contributed by atoms with E-state index >= 15 is 0 Å². The highest BCUT2D eigenvalue weighted by molar-refractivity contribution is 7.99. The first-order valence-corrected chi connectivity index (χ1v) is 7.88.